The molecular weight excluding hydrogens is 320 g/mol. The van der Waals surface area contributed by atoms with Crippen LogP contribution in [0, 0.1) is 17.8 Å². The second kappa shape index (κ2) is 5.99. The molecule has 2 fully saturated rings. The standard InChI is InChI=1S/C19H22N2O2S/c1-21-11-15-14(16(15)12-21)10-20-18(22)19(23,17-8-5-9-24-17)13-6-3-2-4-7-13/h2-9,14-16,23H,10-12H2,1H3,(H,20,22). The summed E-state index contributed by atoms with van der Waals surface area (Å²) in [6.07, 6.45) is 0. The van der Waals surface area contributed by atoms with Crippen LogP contribution in [0.15, 0.2) is 47.8 Å². The molecule has 126 valence electrons. The van der Waals surface area contributed by atoms with Crippen LogP contribution in [-0.4, -0.2) is 42.6 Å². The van der Waals surface area contributed by atoms with E-state index in [1.54, 1.807) is 12.1 Å². The zero-order chi connectivity index (χ0) is 16.7. The van der Waals surface area contributed by atoms with Crippen LogP contribution in [0.5, 0.6) is 0 Å². The van der Waals surface area contributed by atoms with Gasteiger partial charge in [-0.05, 0) is 41.8 Å². The van der Waals surface area contributed by atoms with Gasteiger partial charge in [0.1, 0.15) is 0 Å². The number of thiophene rings is 1. The monoisotopic (exact) mass is 342 g/mol. The second-order valence-corrected chi connectivity index (χ2v) is 7.92. The SMILES string of the molecule is CN1CC2C(CNC(=O)C(O)(c3ccccc3)c3cccs3)C2C1. The van der Waals surface area contributed by atoms with E-state index in [0.29, 0.717) is 34.7 Å². The minimum absolute atomic E-state index is 0.325. The number of nitrogens with one attached hydrogen (secondary N) is 1. The average Bonchev–Trinajstić information content (AvgIpc) is 3.03. The third kappa shape index (κ3) is 2.57. The number of benzene rings is 1. The van der Waals surface area contributed by atoms with Gasteiger partial charge in [0.2, 0.25) is 5.60 Å². The quantitative estimate of drug-likeness (QED) is 0.873. The van der Waals surface area contributed by atoms with E-state index in [4.69, 9.17) is 0 Å². The lowest BCUT2D eigenvalue weighted by atomic mass is 9.91. The first kappa shape index (κ1) is 15.8. The molecule has 4 nitrogen and oxygen atoms in total. The summed E-state index contributed by atoms with van der Waals surface area (Å²) in [6, 6.07) is 12.9. The van der Waals surface area contributed by atoms with Crippen molar-refractivity contribution < 1.29 is 9.90 Å². The smallest absolute Gasteiger partial charge is 0.262 e. The Morgan fingerprint density at radius 1 is 1.25 bits per heavy atom. The summed E-state index contributed by atoms with van der Waals surface area (Å²) in [5.41, 5.74) is -1.00. The van der Waals surface area contributed by atoms with E-state index in [1.165, 1.54) is 11.3 Å². The highest BCUT2D eigenvalue weighted by molar-refractivity contribution is 7.10. The Balaban J connectivity index is 1.51. The van der Waals surface area contributed by atoms with Crippen molar-refractivity contribution >= 4 is 17.2 Å². The molecule has 0 bridgehead atoms. The number of aliphatic hydroxyl groups is 1. The number of likely N-dealkylation sites (tertiary alicyclic amines) is 1. The van der Waals surface area contributed by atoms with Crippen molar-refractivity contribution in [3.05, 3.63) is 58.3 Å². The van der Waals surface area contributed by atoms with Crippen LogP contribution in [0.2, 0.25) is 0 Å². The molecule has 24 heavy (non-hydrogen) atoms. The van der Waals surface area contributed by atoms with Crippen molar-refractivity contribution in [1.82, 2.24) is 10.2 Å². The van der Waals surface area contributed by atoms with Crippen LogP contribution in [0.3, 0.4) is 0 Å². The third-order valence-electron chi connectivity index (χ3n) is 5.45. The lowest BCUT2D eigenvalue weighted by Crippen LogP contribution is -2.46. The zero-order valence-corrected chi connectivity index (χ0v) is 14.5. The van der Waals surface area contributed by atoms with Crippen molar-refractivity contribution in [2.24, 2.45) is 17.8 Å². The predicted octanol–water partition coefficient (Wildman–Crippen LogP) is 1.91. The Kier molecular flexibility index (Phi) is 3.95. The fourth-order valence-electron chi connectivity index (χ4n) is 4.05. The van der Waals surface area contributed by atoms with Gasteiger partial charge in [0, 0.05) is 19.6 Å². The largest absolute Gasteiger partial charge is 0.371 e. The van der Waals surface area contributed by atoms with E-state index in [9.17, 15) is 9.90 Å². The third-order valence-corrected chi connectivity index (χ3v) is 6.43. The van der Waals surface area contributed by atoms with E-state index in [2.05, 4.69) is 17.3 Å². The van der Waals surface area contributed by atoms with E-state index in [-0.39, 0.29) is 5.91 Å². The minimum Gasteiger partial charge on any atom is -0.371 e. The highest BCUT2D eigenvalue weighted by atomic mass is 32.1. The van der Waals surface area contributed by atoms with Crippen molar-refractivity contribution in [3.63, 3.8) is 0 Å². The van der Waals surface area contributed by atoms with Gasteiger partial charge in [-0.2, -0.15) is 0 Å². The molecule has 3 atom stereocenters. The highest BCUT2D eigenvalue weighted by Crippen LogP contribution is 2.50. The maximum atomic E-state index is 12.9. The van der Waals surface area contributed by atoms with E-state index < -0.39 is 5.60 Å². The Bertz CT molecular complexity index is 706. The average molecular weight is 342 g/mol. The molecule has 1 saturated carbocycles. The number of rotatable bonds is 5. The van der Waals surface area contributed by atoms with Crippen molar-refractivity contribution in [2.45, 2.75) is 5.60 Å². The first-order valence-corrected chi connectivity index (χ1v) is 9.27. The maximum absolute atomic E-state index is 12.9. The summed E-state index contributed by atoms with van der Waals surface area (Å²) in [5.74, 6) is 1.66. The molecule has 5 heteroatoms. The number of amides is 1. The number of carbonyl (C=O) groups excluding carboxylic acids is 1. The van der Waals surface area contributed by atoms with Gasteiger partial charge in [0.25, 0.3) is 5.91 Å². The first-order chi connectivity index (χ1) is 11.6. The summed E-state index contributed by atoms with van der Waals surface area (Å²) < 4.78 is 0. The molecular formula is C19H22N2O2S. The minimum atomic E-state index is -1.61. The fourth-order valence-corrected chi connectivity index (χ4v) is 4.89. The van der Waals surface area contributed by atoms with Gasteiger partial charge >= 0.3 is 0 Å². The number of fused-ring (bicyclic) bond motifs is 1. The topological polar surface area (TPSA) is 52.6 Å². The Morgan fingerprint density at radius 2 is 1.96 bits per heavy atom. The van der Waals surface area contributed by atoms with Crippen LogP contribution in [0.1, 0.15) is 10.4 Å². The molecule has 1 aromatic heterocycles. The molecule has 4 rings (SSSR count). The van der Waals surface area contributed by atoms with E-state index >= 15 is 0 Å². The van der Waals surface area contributed by atoms with E-state index in [1.807, 2.05) is 35.7 Å². The summed E-state index contributed by atoms with van der Waals surface area (Å²) in [5, 5.41) is 16.2. The second-order valence-electron chi connectivity index (χ2n) is 6.98. The molecule has 1 saturated heterocycles. The number of nitrogens with zero attached hydrogens (tertiary/aromatic N) is 1. The van der Waals surface area contributed by atoms with Gasteiger partial charge in [-0.25, -0.2) is 0 Å². The van der Waals surface area contributed by atoms with Crippen molar-refractivity contribution in [3.8, 4) is 0 Å². The van der Waals surface area contributed by atoms with Crippen LogP contribution in [-0.2, 0) is 10.4 Å². The van der Waals surface area contributed by atoms with Gasteiger partial charge < -0.3 is 15.3 Å². The molecule has 1 aliphatic carbocycles. The lowest BCUT2D eigenvalue weighted by Gasteiger charge is -2.27. The number of carbonyl (C=O) groups is 1. The predicted molar refractivity (Wildman–Crippen MR) is 94.7 cm³/mol. The van der Waals surface area contributed by atoms with Crippen molar-refractivity contribution in [1.29, 1.82) is 0 Å². The molecule has 3 unspecified atom stereocenters. The van der Waals surface area contributed by atoms with Crippen LogP contribution >= 0.6 is 11.3 Å². The Labute approximate surface area is 146 Å². The number of hydrogen-bond donors (Lipinski definition) is 2. The van der Waals surface area contributed by atoms with Gasteiger partial charge in [-0.15, -0.1) is 11.3 Å². The maximum Gasteiger partial charge on any atom is 0.262 e. The molecule has 2 aromatic rings. The molecule has 2 N–H and O–H groups in total. The van der Waals surface area contributed by atoms with Gasteiger partial charge in [0.15, 0.2) is 0 Å². The molecule has 1 aromatic carbocycles. The lowest BCUT2D eigenvalue weighted by molar-refractivity contribution is -0.136. The molecule has 2 heterocycles. The van der Waals surface area contributed by atoms with Crippen LogP contribution < -0.4 is 5.32 Å². The van der Waals surface area contributed by atoms with Gasteiger partial charge in [-0.3, -0.25) is 4.79 Å². The number of piperidine rings is 1. The first-order valence-electron chi connectivity index (χ1n) is 8.39. The zero-order valence-electron chi connectivity index (χ0n) is 13.7. The molecule has 0 spiro atoms. The van der Waals surface area contributed by atoms with Crippen LogP contribution in [0.25, 0.3) is 0 Å². The Hall–Kier alpha value is -1.69. The fraction of sp³-hybridized carbons (Fsp3) is 0.421. The Morgan fingerprint density at radius 3 is 2.58 bits per heavy atom. The van der Waals surface area contributed by atoms with Crippen molar-refractivity contribution in [2.75, 3.05) is 26.7 Å². The summed E-state index contributed by atoms with van der Waals surface area (Å²) >= 11 is 1.40. The molecule has 0 radical (unpaired) electrons. The van der Waals surface area contributed by atoms with Crippen LogP contribution in [0.4, 0.5) is 0 Å². The normalized spacial score (nSPS) is 28.2. The molecule has 1 aliphatic heterocycles. The van der Waals surface area contributed by atoms with Gasteiger partial charge in [0.05, 0.1) is 4.88 Å². The molecule has 1 amide bonds. The highest BCUT2D eigenvalue weighted by Gasteiger charge is 2.54. The summed E-state index contributed by atoms with van der Waals surface area (Å²) in [4.78, 5) is 15.9. The molecule has 2 aliphatic rings. The van der Waals surface area contributed by atoms with Gasteiger partial charge in [-0.1, -0.05) is 36.4 Å². The summed E-state index contributed by atoms with van der Waals surface area (Å²) in [6.45, 7) is 2.90. The summed E-state index contributed by atoms with van der Waals surface area (Å²) in [7, 11) is 2.15. The number of hydrogen-bond acceptors (Lipinski definition) is 4. The van der Waals surface area contributed by atoms with E-state index in [0.717, 1.165) is 13.1 Å².